The summed E-state index contributed by atoms with van der Waals surface area (Å²) in [6.07, 6.45) is -1.89. The minimum absolute atomic E-state index is 0.00744. The Morgan fingerprint density at radius 3 is 2.73 bits per heavy atom. The quantitative estimate of drug-likeness (QED) is 0.203. The molecule has 2 saturated heterocycles. The number of benzene rings is 1. The van der Waals surface area contributed by atoms with Gasteiger partial charge in [-0.05, 0) is 32.4 Å². The Hall–Kier alpha value is -3.36. The van der Waals surface area contributed by atoms with Gasteiger partial charge in [-0.2, -0.15) is 9.97 Å². The highest BCUT2D eigenvalue weighted by Crippen LogP contribution is 2.44. The number of aliphatic hydroxyl groups excluding tert-OH is 1. The fourth-order valence-electron chi connectivity index (χ4n) is 4.54. The molecule has 0 bridgehead atoms. The van der Waals surface area contributed by atoms with Gasteiger partial charge < -0.3 is 34.6 Å². The predicted molar refractivity (Wildman–Crippen MR) is 141 cm³/mol. The number of esters is 1. The number of hydroxylamine groups is 1. The molecule has 16 heteroatoms. The molecule has 3 N–H and O–H groups in total. The molecule has 0 saturated carbocycles. The minimum atomic E-state index is -3.26. The number of hydrogen-bond donors (Lipinski definition) is 2. The summed E-state index contributed by atoms with van der Waals surface area (Å²) in [6.45, 7) is 3.72. The van der Waals surface area contributed by atoms with E-state index in [9.17, 15) is 14.5 Å². The van der Waals surface area contributed by atoms with Crippen LogP contribution in [-0.2, 0) is 23.4 Å². The summed E-state index contributed by atoms with van der Waals surface area (Å²) >= 11 is 0. The van der Waals surface area contributed by atoms with Crippen molar-refractivity contribution in [1.82, 2.24) is 24.4 Å². The monoisotopic (exact) mass is 579 g/mol. The third-order valence-electron chi connectivity index (χ3n) is 6.94. The second-order valence-corrected chi connectivity index (χ2v) is 11.0. The van der Waals surface area contributed by atoms with E-state index in [1.165, 1.54) is 31.9 Å². The number of para-hydroxylation sites is 1. The minimum Gasteiger partial charge on any atom is -0.468 e. The molecule has 2 aromatic heterocycles. The Labute approximate surface area is 229 Å². The van der Waals surface area contributed by atoms with Crippen molar-refractivity contribution in [1.29, 1.82) is 0 Å². The smallest absolute Gasteiger partial charge is 0.326 e. The molecule has 216 valence electrons. The van der Waals surface area contributed by atoms with Gasteiger partial charge in [-0.3, -0.25) is 13.9 Å². The number of hydrogen-bond acceptors (Lipinski definition) is 12. The molecule has 3 aromatic rings. The largest absolute Gasteiger partial charge is 0.468 e. The highest BCUT2D eigenvalue weighted by atomic mass is 31.1. The second kappa shape index (κ2) is 11.3. The summed E-state index contributed by atoms with van der Waals surface area (Å²) < 4.78 is 46.6. The zero-order valence-electron chi connectivity index (χ0n) is 22.1. The van der Waals surface area contributed by atoms with E-state index >= 15 is 4.39 Å². The molecular weight excluding hydrogens is 548 g/mol. The number of alkyl halides is 1. The van der Waals surface area contributed by atoms with Gasteiger partial charge in [0.15, 0.2) is 28.9 Å². The third-order valence-corrected chi connectivity index (χ3v) is 8.19. The molecule has 2 unspecified atom stereocenters. The average molecular weight is 580 g/mol. The fourth-order valence-corrected chi connectivity index (χ4v) is 5.58. The first-order chi connectivity index (χ1) is 19.1. The number of carbonyl (C=O) groups is 1. The Morgan fingerprint density at radius 1 is 1.35 bits per heavy atom. The number of nitrogen functional groups attached to an aromatic ring is 1. The lowest BCUT2D eigenvalue weighted by Crippen LogP contribution is -2.41. The Morgan fingerprint density at radius 2 is 2.08 bits per heavy atom. The number of ether oxygens (including phenoxy) is 2. The summed E-state index contributed by atoms with van der Waals surface area (Å²) in [7, 11) is -2.08. The topological polar surface area (TPSA) is 167 Å². The zero-order valence-corrected chi connectivity index (χ0v) is 23.1. The standard InChI is InChI=1S/C24H31FN7O7P/c1-14(21(34)36-3)32(39-15-8-5-4-6-9-15)40(35)37-12-16-18(33)24(2,25)22(38-16)31-13-27-17-19(30-10-7-11-30)28-23(26)29-20(17)31/h4-6,8-9,13-14,16,18,22,33,40H,7,10-12H2,1-3H3,(H2,26,28,29)/t14?,16-,18-,22-,24-/m1/s1. The van der Waals surface area contributed by atoms with Crippen LogP contribution in [0.25, 0.3) is 11.2 Å². The molecule has 6 atom stereocenters. The van der Waals surface area contributed by atoms with Crippen molar-refractivity contribution in [3.05, 3.63) is 36.7 Å². The second-order valence-electron chi connectivity index (χ2n) is 9.70. The Balaban J connectivity index is 1.34. The highest BCUT2D eigenvalue weighted by molar-refractivity contribution is 7.36. The van der Waals surface area contributed by atoms with Crippen molar-refractivity contribution in [2.75, 3.05) is 37.4 Å². The van der Waals surface area contributed by atoms with Gasteiger partial charge in [-0.1, -0.05) is 23.0 Å². The van der Waals surface area contributed by atoms with Crippen LogP contribution in [0.15, 0.2) is 36.7 Å². The van der Waals surface area contributed by atoms with Crippen molar-refractivity contribution in [2.24, 2.45) is 0 Å². The molecule has 14 nitrogen and oxygen atoms in total. The number of anilines is 2. The molecule has 0 spiro atoms. The molecule has 5 rings (SSSR count). The first-order valence-electron chi connectivity index (χ1n) is 12.7. The van der Waals surface area contributed by atoms with Crippen molar-refractivity contribution in [3.8, 4) is 5.75 Å². The van der Waals surface area contributed by atoms with E-state index in [1.807, 2.05) is 4.90 Å². The van der Waals surface area contributed by atoms with Crippen LogP contribution < -0.4 is 15.5 Å². The molecular formula is C24H31FN7O7P. The number of fused-ring (bicyclic) bond motifs is 1. The highest BCUT2D eigenvalue weighted by Gasteiger charge is 2.55. The summed E-state index contributed by atoms with van der Waals surface area (Å²) in [4.78, 5) is 33.6. The molecule has 2 aliphatic rings. The van der Waals surface area contributed by atoms with E-state index in [0.29, 0.717) is 17.1 Å². The van der Waals surface area contributed by atoms with Crippen LogP contribution >= 0.6 is 8.18 Å². The molecule has 0 radical (unpaired) electrons. The van der Waals surface area contributed by atoms with Gasteiger partial charge >= 0.3 is 5.97 Å². The predicted octanol–water partition coefficient (Wildman–Crippen LogP) is 1.87. The molecule has 0 aliphatic carbocycles. The summed E-state index contributed by atoms with van der Waals surface area (Å²) in [5.74, 6) is 0.132. The molecule has 2 aliphatic heterocycles. The van der Waals surface area contributed by atoms with Gasteiger partial charge in [0.25, 0.3) is 8.18 Å². The average Bonchev–Trinajstić information content (AvgIpc) is 3.42. The number of rotatable bonds is 10. The van der Waals surface area contributed by atoms with Gasteiger partial charge in [0, 0.05) is 13.1 Å². The van der Waals surface area contributed by atoms with E-state index in [2.05, 4.69) is 15.0 Å². The summed E-state index contributed by atoms with van der Waals surface area (Å²) in [5, 5.41) is 10.8. The number of aliphatic hydroxyl groups is 1. The lowest BCUT2D eigenvalue weighted by molar-refractivity contribution is -0.152. The number of methoxy groups -OCH3 is 1. The van der Waals surface area contributed by atoms with E-state index in [4.69, 9.17) is 24.6 Å². The number of nitrogens with two attached hydrogens (primary N) is 1. The van der Waals surface area contributed by atoms with Crippen molar-refractivity contribution >= 4 is 37.1 Å². The van der Waals surface area contributed by atoms with E-state index in [1.54, 1.807) is 30.3 Å². The molecule has 40 heavy (non-hydrogen) atoms. The Bertz CT molecular complexity index is 1390. The SMILES string of the molecule is COC(=O)C(C)N(Oc1ccccc1)[PH](=O)OC[C@H]1O[C@@H](n2cnc3c(N4CCC4)nc(N)nc32)[C@](C)(F)[C@@H]1O. The van der Waals surface area contributed by atoms with Gasteiger partial charge in [0.05, 0.1) is 20.0 Å². The molecule has 1 aromatic carbocycles. The molecule has 2 fully saturated rings. The van der Waals surface area contributed by atoms with Crippen molar-refractivity contribution in [2.45, 2.75) is 50.4 Å². The maximum atomic E-state index is 16.0. The van der Waals surface area contributed by atoms with Crippen molar-refractivity contribution in [3.63, 3.8) is 0 Å². The zero-order chi connectivity index (χ0) is 28.6. The first-order valence-corrected chi connectivity index (χ1v) is 13.9. The van der Waals surface area contributed by atoms with Gasteiger partial charge in [-0.15, -0.1) is 0 Å². The lowest BCUT2D eigenvalue weighted by Gasteiger charge is -2.32. The number of imidazole rings is 1. The first kappa shape index (κ1) is 28.2. The third kappa shape index (κ3) is 5.22. The van der Waals surface area contributed by atoms with Crippen LogP contribution in [0.2, 0.25) is 0 Å². The van der Waals surface area contributed by atoms with E-state index in [-0.39, 0.29) is 11.6 Å². The van der Waals surface area contributed by atoms with Crippen LogP contribution in [0.5, 0.6) is 5.75 Å². The van der Waals surface area contributed by atoms with Crippen molar-refractivity contribution < 1.29 is 37.7 Å². The Kier molecular flexibility index (Phi) is 7.93. The van der Waals surface area contributed by atoms with E-state index in [0.717, 1.165) is 24.3 Å². The maximum absolute atomic E-state index is 16.0. The van der Waals surface area contributed by atoms with Gasteiger partial charge in [0.1, 0.15) is 24.0 Å². The molecule has 0 amide bonds. The normalized spacial score (nSPS) is 26.1. The van der Waals surface area contributed by atoms with Crippen LogP contribution in [-0.4, -0.2) is 86.2 Å². The van der Waals surface area contributed by atoms with Crippen LogP contribution in [0.1, 0.15) is 26.5 Å². The summed E-state index contributed by atoms with van der Waals surface area (Å²) in [6, 6.07) is 7.27. The number of nitrogens with zero attached hydrogens (tertiary/aromatic N) is 6. The fraction of sp³-hybridized carbons (Fsp3) is 0.500. The van der Waals surface area contributed by atoms with Gasteiger partial charge in [0.2, 0.25) is 5.95 Å². The number of aromatic nitrogens is 4. The molecule has 4 heterocycles. The lowest BCUT2D eigenvalue weighted by atomic mass is 9.98. The van der Waals surface area contributed by atoms with E-state index < -0.39 is 50.9 Å². The van der Waals surface area contributed by atoms with Crippen LogP contribution in [0, 0.1) is 0 Å². The maximum Gasteiger partial charge on any atom is 0.326 e. The van der Waals surface area contributed by atoms with Crippen LogP contribution in [0.3, 0.4) is 0 Å². The van der Waals surface area contributed by atoms with Gasteiger partial charge in [-0.25, -0.2) is 9.37 Å². The van der Waals surface area contributed by atoms with Crippen LogP contribution in [0.4, 0.5) is 16.2 Å². The number of carbonyl (C=O) groups excluding carboxylic acids is 1. The number of halogens is 1. The summed E-state index contributed by atoms with van der Waals surface area (Å²) in [5.41, 5.74) is 4.30.